The Kier molecular flexibility index (Phi) is 5.97. The highest BCUT2D eigenvalue weighted by atomic mass is 16.5. The van der Waals surface area contributed by atoms with E-state index in [1.807, 2.05) is 26.0 Å². The molecule has 6 nitrogen and oxygen atoms in total. The summed E-state index contributed by atoms with van der Waals surface area (Å²) in [6.07, 6.45) is 4.08. The number of methoxy groups -OCH3 is 2. The molecule has 0 saturated carbocycles. The molecular weight excluding hydrogens is 420 g/mol. The summed E-state index contributed by atoms with van der Waals surface area (Å²) in [7, 11) is 3.14. The second-order valence-electron chi connectivity index (χ2n) is 9.18. The third-order valence-electron chi connectivity index (χ3n) is 6.07. The highest BCUT2D eigenvalue weighted by Gasteiger charge is 2.39. The molecule has 1 aliphatic rings. The van der Waals surface area contributed by atoms with Gasteiger partial charge >= 0.3 is 0 Å². The van der Waals surface area contributed by atoms with Crippen LogP contribution < -0.4 is 19.6 Å². The molecule has 1 aromatic heterocycles. The minimum atomic E-state index is -1.06. The summed E-state index contributed by atoms with van der Waals surface area (Å²) in [5.41, 5.74) is 3.09. The van der Waals surface area contributed by atoms with Crippen molar-refractivity contribution in [3.8, 4) is 28.4 Å². The van der Waals surface area contributed by atoms with Crippen LogP contribution in [0.3, 0.4) is 0 Å². The zero-order valence-electron chi connectivity index (χ0n) is 19.9. The van der Waals surface area contributed by atoms with E-state index in [9.17, 15) is 9.90 Å². The molecule has 3 aromatic rings. The van der Waals surface area contributed by atoms with E-state index >= 15 is 0 Å². The van der Waals surface area contributed by atoms with Gasteiger partial charge in [0.25, 0.3) is 0 Å². The Balaban J connectivity index is 2.00. The molecule has 0 aliphatic carbocycles. The number of benzene rings is 2. The highest BCUT2D eigenvalue weighted by molar-refractivity contribution is 5.93. The fourth-order valence-electron chi connectivity index (χ4n) is 4.21. The van der Waals surface area contributed by atoms with Crippen LogP contribution >= 0.6 is 0 Å². The van der Waals surface area contributed by atoms with Crippen molar-refractivity contribution in [2.24, 2.45) is 0 Å². The van der Waals surface area contributed by atoms with Gasteiger partial charge in [0.05, 0.1) is 25.4 Å². The summed E-state index contributed by atoms with van der Waals surface area (Å²) < 4.78 is 23.3. The number of hydrogen-bond donors (Lipinski definition) is 1. The molecule has 4 rings (SSSR count). The number of ether oxygens (including phenoxy) is 3. The summed E-state index contributed by atoms with van der Waals surface area (Å²) in [6.45, 7) is 7.47. The van der Waals surface area contributed by atoms with Crippen LogP contribution in [-0.4, -0.2) is 31.0 Å². The molecular formula is C27H30O6. The molecule has 1 N–H and O–H groups in total. The van der Waals surface area contributed by atoms with Crippen molar-refractivity contribution in [2.45, 2.75) is 52.2 Å². The van der Waals surface area contributed by atoms with Gasteiger partial charge in [-0.3, -0.25) is 4.79 Å². The Morgan fingerprint density at radius 1 is 1.18 bits per heavy atom. The van der Waals surface area contributed by atoms with Gasteiger partial charge in [0.2, 0.25) is 5.43 Å². The first-order chi connectivity index (χ1) is 15.7. The van der Waals surface area contributed by atoms with Crippen LogP contribution in [0.1, 0.15) is 38.8 Å². The lowest BCUT2D eigenvalue weighted by molar-refractivity contribution is -0.0232. The zero-order valence-corrected chi connectivity index (χ0v) is 19.9. The fraction of sp³-hybridized carbons (Fsp3) is 0.370. The van der Waals surface area contributed by atoms with Crippen LogP contribution in [-0.2, 0) is 12.8 Å². The maximum absolute atomic E-state index is 13.8. The lowest BCUT2D eigenvalue weighted by Crippen LogP contribution is -2.39. The largest absolute Gasteiger partial charge is 0.497 e. The minimum absolute atomic E-state index is 0.175. The molecule has 2 heterocycles. The topological polar surface area (TPSA) is 78.1 Å². The number of aliphatic hydroxyl groups is 1. The smallest absolute Gasteiger partial charge is 0.204 e. The number of hydrogen-bond acceptors (Lipinski definition) is 6. The SMILES string of the molecule is COc1ccc(-c2coc3c(CC=C(C)C)c4c(c(OC)c3c2=O)CC(C(C)(C)O)O4)cc1. The van der Waals surface area contributed by atoms with Crippen LogP contribution in [0.2, 0.25) is 0 Å². The van der Waals surface area contributed by atoms with E-state index in [0.29, 0.717) is 46.6 Å². The molecule has 0 amide bonds. The van der Waals surface area contributed by atoms with Gasteiger partial charge in [-0.25, -0.2) is 0 Å². The average molecular weight is 451 g/mol. The van der Waals surface area contributed by atoms with E-state index < -0.39 is 11.7 Å². The Morgan fingerprint density at radius 2 is 1.88 bits per heavy atom. The first kappa shape index (κ1) is 22.9. The van der Waals surface area contributed by atoms with E-state index in [2.05, 4.69) is 6.08 Å². The third-order valence-corrected chi connectivity index (χ3v) is 6.07. The molecule has 0 bridgehead atoms. The second-order valence-corrected chi connectivity index (χ2v) is 9.18. The van der Waals surface area contributed by atoms with E-state index in [0.717, 1.165) is 22.3 Å². The molecule has 0 fully saturated rings. The molecule has 0 saturated heterocycles. The summed E-state index contributed by atoms with van der Waals surface area (Å²) in [5.74, 6) is 1.78. The quantitative estimate of drug-likeness (QED) is 0.529. The molecule has 2 aromatic carbocycles. The van der Waals surface area contributed by atoms with Crippen molar-refractivity contribution in [3.05, 3.63) is 63.5 Å². The van der Waals surface area contributed by atoms with E-state index in [1.54, 1.807) is 40.2 Å². The van der Waals surface area contributed by atoms with Crippen molar-refractivity contribution in [1.82, 2.24) is 0 Å². The van der Waals surface area contributed by atoms with Gasteiger partial charge in [-0.2, -0.15) is 0 Å². The fourth-order valence-corrected chi connectivity index (χ4v) is 4.21. The predicted molar refractivity (Wildman–Crippen MR) is 129 cm³/mol. The summed E-state index contributed by atoms with van der Waals surface area (Å²) in [6, 6.07) is 7.27. The van der Waals surface area contributed by atoms with Crippen molar-refractivity contribution in [1.29, 1.82) is 0 Å². The Morgan fingerprint density at radius 3 is 2.45 bits per heavy atom. The number of allylic oxidation sites excluding steroid dienone is 2. The molecule has 174 valence electrons. The molecule has 1 unspecified atom stereocenters. The van der Waals surface area contributed by atoms with Gasteiger partial charge in [-0.15, -0.1) is 0 Å². The monoisotopic (exact) mass is 450 g/mol. The first-order valence-corrected chi connectivity index (χ1v) is 11.0. The van der Waals surface area contributed by atoms with E-state index in [4.69, 9.17) is 18.6 Å². The molecule has 33 heavy (non-hydrogen) atoms. The van der Waals surface area contributed by atoms with E-state index in [-0.39, 0.29) is 5.43 Å². The summed E-state index contributed by atoms with van der Waals surface area (Å²) in [4.78, 5) is 13.8. The molecule has 1 aliphatic heterocycles. The van der Waals surface area contributed by atoms with E-state index in [1.165, 1.54) is 6.26 Å². The van der Waals surface area contributed by atoms with Gasteiger partial charge in [-0.1, -0.05) is 23.8 Å². The van der Waals surface area contributed by atoms with Crippen molar-refractivity contribution < 1.29 is 23.7 Å². The standard InChI is InChI=1S/C27H30O6/c1-15(2)7-12-18-24-19(13-21(33-24)27(3,4)29)25(31-6)22-23(28)20(14-32-26(18)22)16-8-10-17(30-5)11-9-16/h7-11,14,21,29H,12-13H2,1-6H3. The first-order valence-electron chi connectivity index (χ1n) is 11.0. The zero-order chi connectivity index (χ0) is 23.9. The normalized spacial score (nSPS) is 15.2. The van der Waals surface area contributed by atoms with Gasteiger partial charge in [0.15, 0.2) is 0 Å². The Labute approximate surface area is 193 Å². The molecule has 6 heteroatoms. The lowest BCUT2D eigenvalue weighted by Gasteiger charge is -2.24. The maximum atomic E-state index is 13.8. The second kappa shape index (κ2) is 8.60. The highest BCUT2D eigenvalue weighted by Crippen LogP contribution is 2.46. The van der Waals surface area contributed by atoms with Crippen LogP contribution in [0.25, 0.3) is 22.1 Å². The van der Waals surface area contributed by atoms with Crippen LogP contribution in [0.15, 0.2) is 51.4 Å². The van der Waals surface area contributed by atoms with Gasteiger partial charge in [0, 0.05) is 17.5 Å². The summed E-state index contributed by atoms with van der Waals surface area (Å²) in [5, 5.41) is 11.0. The molecule has 0 radical (unpaired) electrons. The van der Waals surface area contributed by atoms with Crippen molar-refractivity contribution in [3.63, 3.8) is 0 Å². The predicted octanol–water partition coefficient (Wildman–Crippen LogP) is 5.06. The van der Waals surface area contributed by atoms with Crippen molar-refractivity contribution >= 4 is 11.0 Å². The maximum Gasteiger partial charge on any atom is 0.204 e. The van der Waals surface area contributed by atoms with Crippen LogP contribution in [0.4, 0.5) is 0 Å². The Bertz CT molecular complexity index is 1270. The average Bonchev–Trinajstić information content (AvgIpc) is 3.23. The molecule has 1 atom stereocenters. The van der Waals surface area contributed by atoms with Gasteiger partial charge in [-0.05, 0) is 51.8 Å². The van der Waals surface area contributed by atoms with Crippen molar-refractivity contribution in [2.75, 3.05) is 14.2 Å². The molecule has 0 spiro atoms. The summed E-state index contributed by atoms with van der Waals surface area (Å²) >= 11 is 0. The van der Waals surface area contributed by atoms with Gasteiger partial charge < -0.3 is 23.7 Å². The third kappa shape index (κ3) is 4.11. The van der Waals surface area contributed by atoms with Crippen LogP contribution in [0.5, 0.6) is 17.2 Å². The lowest BCUT2D eigenvalue weighted by atomic mass is 9.93. The number of rotatable bonds is 6. The number of fused-ring (bicyclic) bond motifs is 2. The minimum Gasteiger partial charge on any atom is -0.497 e. The van der Waals surface area contributed by atoms with Gasteiger partial charge in [0.1, 0.15) is 40.6 Å². The van der Waals surface area contributed by atoms with Crippen LogP contribution in [0, 0.1) is 0 Å². The Hall–Kier alpha value is -3.25.